The minimum absolute atomic E-state index is 0.159. The first kappa shape index (κ1) is 15.7. The fourth-order valence-electron chi connectivity index (χ4n) is 1.45. The summed E-state index contributed by atoms with van der Waals surface area (Å²) in [6.07, 6.45) is 3.77. The van der Waals surface area contributed by atoms with Crippen molar-refractivity contribution in [1.29, 1.82) is 0 Å². The van der Waals surface area contributed by atoms with Crippen LogP contribution < -0.4 is 5.48 Å². The fraction of sp³-hybridized carbons (Fsp3) is 0.286. The van der Waals surface area contributed by atoms with Gasteiger partial charge in [-0.15, -0.1) is 17.8 Å². The maximum atomic E-state index is 11.7. The maximum Gasteiger partial charge on any atom is 0.356 e. The van der Waals surface area contributed by atoms with Crippen molar-refractivity contribution in [2.45, 2.75) is 25.0 Å². The molecule has 0 fully saturated rings. The summed E-state index contributed by atoms with van der Waals surface area (Å²) in [5.41, 5.74) is 2.56. The lowest BCUT2D eigenvalue weighted by molar-refractivity contribution is -0.150. The zero-order valence-corrected chi connectivity index (χ0v) is 10.7. The Balaban J connectivity index is 2.60. The van der Waals surface area contributed by atoms with Crippen molar-refractivity contribution in [1.82, 2.24) is 5.48 Å². The van der Waals surface area contributed by atoms with Gasteiger partial charge in [0.25, 0.3) is 0 Å². The van der Waals surface area contributed by atoms with E-state index in [0.717, 1.165) is 0 Å². The van der Waals surface area contributed by atoms with Gasteiger partial charge in [0.05, 0.1) is 11.6 Å². The van der Waals surface area contributed by atoms with Gasteiger partial charge in [-0.25, -0.2) is 9.59 Å². The molecule has 1 aromatic rings. The topological polar surface area (TPSA) is 95.9 Å². The van der Waals surface area contributed by atoms with Crippen LogP contribution in [0.4, 0.5) is 0 Å². The van der Waals surface area contributed by atoms with Gasteiger partial charge in [0, 0.05) is 6.42 Å². The van der Waals surface area contributed by atoms with Gasteiger partial charge in [0.15, 0.2) is 6.10 Å². The highest BCUT2D eigenvalue weighted by Gasteiger charge is 2.26. The number of hydroxylamine groups is 1. The average Bonchev–Trinajstić information content (AvgIpc) is 2.47. The molecule has 2 atom stereocenters. The van der Waals surface area contributed by atoms with Gasteiger partial charge in [-0.05, 0) is 18.6 Å². The summed E-state index contributed by atoms with van der Waals surface area (Å²) in [7, 11) is 0. The summed E-state index contributed by atoms with van der Waals surface area (Å²) in [6, 6.07) is 7.20. The number of hydrogen-bond donors (Lipinski definition) is 3. The Morgan fingerprint density at radius 3 is 2.55 bits per heavy atom. The molecule has 0 heterocycles. The van der Waals surface area contributed by atoms with E-state index in [9.17, 15) is 14.7 Å². The zero-order chi connectivity index (χ0) is 15.0. The smallest absolute Gasteiger partial charge is 0.356 e. The number of carboxylic acids is 1. The van der Waals surface area contributed by atoms with Crippen molar-refractivity contribution in [3.05, 3.63) is 35.9 Å². The summed E-state index contributed by atoms with van der Waals surface area (Å²) in [5, 5.41) is 18.2. The van der Waals surface area contributed by atoms with E-state index in [2.05, 4.69) is 11.4 Å². The lowest BCUT2D eigenvalue weighted by Gasteiger charge is -2.19. The summed E-state index contributed by atoms with van der Waals surface area (Å²) in [5.74, 6) is 0.233. The lowest BCUT2D eigenvalue weighted by atomic mass is 10.1. The van der Waals surface area contributed by atoms with Crippen LogP contribution in [0, 0.1) is 12.3 Å². The normalized spacial score (nSPS) is 13.0. The molecule has 0 bridgehead atoms. The summed E-state index contributed by atoms with van der Waals surface area (Å²) in [4.78, 5) is 27.2. The van der Waals surface area contributed by atoms with Crippen LogP contribution >= 0.6 is 0 Å². The van der Waals surface area contributed by atoms with E-state index in [1.54, 1.807) is 30.3 Å². The molecule has 0 radical (unpaired) electrons. The molecule has 1 rings (SSSR count). The first-order chi connectivity index (χ1) is 9.56. The first-order valence-electron chi connectivity index (χ1n) is 5.92. The number of aliphatic hydroxyl groups excluding tert-OH is 1. The van der Waals surface area contributed by atoms with Gasteiger partial charge in [-0.2, -0.15) is 0 Å². The number of rotatable bonds is 7. The van der Waals surface area contributed by atoms with Gasteiger partial charge in [0.1, 0.15) is 0 Å². The zero-order valence-electron chi connectivity index (χ0n) is 10.7. The highest BCUT2D eigenvalue weighted by Crippen LogP contribution is 2.05. The number of aliphatic carboxylic acids is 1. The van der Waals surface area contributed by atoms with Gasteiger partial charge in [-0.1, -0.05) is 18.2 Å². The van der Waals surface area contributed by atoms with Crippen LogP contribution in [0.25, 0.3) is 0 Å². The highest BCUT2D eigenvalue weighted by molar-refractivity contribution is 5.89. The Morgan fingerprint density at radius 2 is 2.00 bits per heavy atom. The van der Waals surface area contributed by atoms with Gasteiger partial charge >= 0.3 is 11.9 Å². The van der Waals surface area contributed by atoms with E-state index < -0.39 is 24.1 Å². The third-order valence-electron chi connectivity index (χ3n) is 2.55. The molecular formula is C14H15NO5. The van der Waals surface area contributed by atoms with E-state index in [-0.39, 0.29) is 12.8 Å². The average molecular weight is 277 g/mol. The second kappa shape index (κ2) is 7.94. The number of carbonyl (C=O) groups excluding carboxylic acids is 1. The molecule has 1 aromatic carbocycles. The number of nitrogens with one attached hydrogen (secondary N) is 1. The van der Waals surface area contributed by atoms with Crippen LogP contribution in [0.2, 0.25) is 0 Å². The largest absolute Gasteiger partial charge is 0.479 e. The Labute approximate surface area is 116 Å². The molecule has 6 nitrogen and oxygen atoms in total. The molecular weight excluding hydrogens is 262 g/mol. The second-order valence-electron chi connectivity index (χ2n) is 4.01. The summed E-state index contributed by atoms with van der Waals surface area (Å²) < 4.78 is 0. The number of terminal acetylenes is 1. The molecule has 0 aliphatic heterocycles. The second-order valence-corrected chi connectivity index (χ2v) is 4.01. The molecule has 0 saturated heterocycles. The monoisotopic (exact) mass is 277 g/mol. The molecule has 0 amide bonds. The Hall–Kier alpha value is -2.36. The molecule has 0 aliphatic rings. The summed E-state index contributed by atoms with van der Waals surface area (Å²) >= 11 is 0. The van der Waals surface area contributed by atoms with E-state index >= 15 is 0 Å². The molecule has 0 spiro atoms. The number of aliphatic hydroxyl groups is 1. The van der Waals surface area contributed by atoms with Crippen molar-refractivity contribution in [3.63, 3.8) is 0 Å². The Morgan fingerprint density at radius 1 is 1.35 bits per heavy atom. The quantitative estimate of drug-likeness (QED) is 0.498. The van der Waals surface area contributed by atoms with Gasteiger partial charge in [0.2, 0.25) is 0 Å². The van der Waals surface area contributed by atoms with Crippen molar-refractivity contribution < 1.29 is 24.6 Å². The molecule has 0 aliphatic carbocycles. The lowest BCUT2D eigenvalue weighted by Crippen LogP contribution is -2.45. The van der Waals surface area contributed by atoms with Crippen LogP contribution in [0.5, 0.6) is 0 Å². The minimum Gasteiger partial charge on any atom is -0.479 e. The Kier molecular flexibility index (Phi) is 6.23. The van der Waals surface area contributed by atoms with Crippen LogP contribution in [0.15, 0.2) is 30.3 Å². The first-order valence-corrected chi connectivity index (χ1v) is 5.92. The van der Waals surface area contributed by atoms with Crippen LogP contribution in [0.3, 0.4) is 0 Å². The standard InChI is InChI=1S/C14H15NO5/c1-2-3-9-11(12(16)13(17)18)15-20-14(19)10-7-5-4-6-8-10/h1,4-8,11-12,15-16H,3,9H2,(H,17,18)/t11-,12+/m0/s1. The minimum atomic E-state index is -1.72. The molecule has 0 unspecified atom stereocenters. The van der Waals surface area contributed by atoms with Crippen molar-refractivity contribution in [2.24, 2.45) is 0 Å². The van der Waals surface area contributed by atoms with E-state index in [1.165, 1.54) is 0 Å². The van der Waals surface area contributed by atoms with Crippen molar-refractivity contribution >= 4 is 11.9 Å². The number of hydrogen-bond acceptors (Lipinski definition) is 5. The highest BCUT2D eigenvalue weighted by atomic mass is 16.7. The van der Waals surface area contributed by atoms with E-state index in [1.807, 2.05) is 0 Å². The SMILES string of the molecule is C#CCC[C@H](NOC(=O)c1ccccc1)[C@@H](O)C(=O)O. The van der Waals surface area contributed by atoms with Crippen LogP contribution in [-0.4, -0.2) is 34.3 Å². The maximum absolute atomic E-state index is 11.7. The molecule has 3 N–H and O–H groups in total. The van der Waals surface area contributed by atoms with Gasteiger partial charge in [-0.3, -0.25) is 0 Å². The number of benzene rings is 1. The van der Waals surface area contributed by atoms with Gasteiger partial charge < -0.3 is 15.1 Å². The molecule has 20 heavy (non-hydrogen) atoms. The number of carboxylic acid groups (broad SMARTS) is 1. The molecule has 6 heteroatoms. The third-order valence-corrected chi connectivity index (χ3v) is 2.55. The summed E-state index contributed by atoms with van der Waals surface area (Å²) in [6.45, 7) is 0. The van der Waals surface area contributed by atoms with Crippen LogP contribution in [-0.2, 0) is 9.63 Å². The van der Waals surface area contributed by atoms with E-state index in [4.69, 9.17) is 16.4 Å². The predicted molar refractivity (Wildman–Crippen MR) is 70.5 cm³/mol. The Bertz CT molecular complexity index is 494. The van der Waals surface area contributed by atoms with E-state index in [0.29, 0.717) is 5.56 Å². The molecule has 0 aromatic heterocycles. The number of carbonyl (C=O) groups is 2. The predicted octanol–water partition coefficient (Wildman–Crippen LogP) is 0.575. The third kappa shape index (κ3) is 4.72. The van der Waals surface area contributed by atoms with Crippen molar-refractivity contribution in [3.8, 4) is 12.3 Å². The molecule has 0 saturated carbocycles. The van der Waals surface area contributed by atoms with Crippen molar-refractivity contribution in [2.75, 3.05) is 0 Å². The molecule has 106 valence electrons. The fourth-order valence-corrected chi connectivity index (χ4v) is 1.45. The van der Waals surface area contributed by atoms with Crippen LogP contribution in [0.1, 0.15) is 23.2 Å².